The molecule has 0 saturated carbocycles. The molecule has 0 fully saturated rings. The van der Waals surface area contributed by atoms with E-state index in [1.54, 1.807) is 0 Å². The van der Waals surface area contributed by atoms with Gasteiger partial charge in [-0.15, -0.1) is 0 Å². The molecule has 0 aliphatic heterocycles. The fraction of sp³-hybridized carbons (Fsp3) is 0.136. The van der Waals surface area contributed by atoms with Crippen LogP contribution in [0, 0.1) is 13.8 Å². The molecule has 0 radical (unpaired) electrons. The van der Waals surface area contributed by atoms with Gasteiger partial charge in [0.1, 0.15) is 0 Å². The summed E-state index contributed by atoms with van der Waals surface area (Å²) in [5.74, 6) is -0.337. The Kier molecular flexibility index (Phi) is 4.76. The van der Waals surface area contributed by atoms with Crippen molar-refractivity contribution in [1.82, 2.24) is 0 Å². The standard InChI is InChI=1S/C22H21NO/c1-16-10-9-11-17(2)21(16)23-22(24)20(18-12-5-3-6-13-18)19-14-7-4-8-15-19/h3-15,20H,1-2H3,(H,23,24). The van der Waals surface area contributed by atoms with Gasteiger partial charge in [0.15, 0.2) is 0 Å². The summed E-state index contributed by atoms with van der Waals surface area (Å²) in [6.07, 6.45) is 0. The van der Waals surface area contributed by atoms with Crippen molar-refractivity contribution in [2.45, 2.75) is 19.8 Å². The molecule has 0 atom stereocenters. The Morgan fingerprint density at radius 3 is 1.62 bits per heavy atom. The summed E-state index contributed by atoms with van der Waals surface area (Å²) in [4.78, 5) is 13.1. The molecule has 3 rings (SSSR count). The Morgan fingerprint density at radius 2 is 1.17 bits per heavy atom. The van der Waals surface area contributed by atoms with Crippen LogP contribution in [0.5, 0.6) is 0 Å². The van der Waals surface area contributed by atoms with Crippen LogP contribution in [-0.2, 0) is 4.79 Å². The molecule has 3 aromatic rings. The number of amides is 1. The highest BCUT2D eigenvalue weighted by Crippen LogP contribution is 2.28. The maximum Gasteiger partial charge on any atom is 0.236 e. The second-order valence-electron chi connectivity index (χ2n) is 6.01. The van der Waals surface area contributed by atoms with E-state index in [1.165, 1.54) is 0 Å². The molecule has 2 nitrogen and oxygen atoms in total. The van der Waals surface area contributed by atoms with Gasteiger partial charge >= 0.3 is 0 Å². The summed E-state index contributed by atoms with van der Waals surface area (Å²) >= 11 is 0. The zero-order chi connectivity index (χ0) is 16.9. The lowest BCUT2D eigenvalue weighted by atomic mass is 9.90. The molecule has 2 heteroatoms. The maximum atomic E-state index is 13.1. The molecular formula is C22H21NO. The zero-order valence-electron chi connectivity index (χ0n) is 14.0. The predicted octanol–water partition coefficient (Wildman–Crippen LogP) is 5.07. The van der Waals surface area contributed by atoms with Crippen LogP contribution in [0.4, 0.5) is 5.69 Å². The molecular weight excluding hydrogens is 294 g/mol. The van der Waals surface area contributed by atoms with Crippen LogP contribution in [-0.4, -0.2) is 5.91 Å². The largest absolute Gasteiger partial charge is 0.325 e. The minimum atomic E-state index is -0.327. The highest BCUT2D eigenvalue weighted by atomic mass is 16.1. The molecule has 1 N–H and O–H groups in total. The van der Waals surface area contributed by atoms with Gasteiger partial charge < -0.3 is 5.32 Å². The first kappa shape index (κ1) is 16.0. The number of hydrogen-bond acceptors (Lipinski definition) is 1. The van der Waals surface area contributed by atoms with E-state index in [0.717, 1.165) is 27.9 Å². The number of carbonyl (C=O) groups excluding carboxylic acids is 1. The number of hydrogen-bond donors (Lipinski definition) is 1. The molecule has 0 aliphatic rings. The van der Waals surface area contributed by atoms with Gasteiger partial charge in [-0.1, -0.05) is 78.9 Å². The third-order valence-electron chi connectivity index (χ3n) is 4.26. The normalized spacial score (nSPS) is 10.6. The third-order valence-corrected chi connectivity index (χ3v) is 4.26. The molecule has 0 spiro atoms. The summed E-state index contributed by atoms with van der Waals surface area (Å²) in [5.41, 5.74) is 5.03. The van der Waals surface area contributed by atoms with Crippen molar-refractivity contribution in [3.8, 4) is 0 Å². The zero-order valence-corrected chi connectivity index (χ0v) is 14.0. The number of benzene rings is 3. The van der Waals surface area contributed by atoms with Crippen molar-refractivity contribution < 1.29 is 4.79 Å². The second-order valence-corrected chi connectivity index (χ2v) is 6.01. The smallest absolute Gasteiger partial charge is 0.236 e. The van der Waals surface area contributed by atoms with Crippen LogP contribution in [0.25, 0.3) is 0 Å². The van der Waals surface area contributed by atoms with Gasteiger partial charge in [0.25, 0.3) is 0 Å². The van der Waals surface area contributed by atoms with Crippen LogP contribution in [0.1, 0.15) is 28.2 Å². The molecule has 0 unspecified atom stereocenters. The van der Waals surface area contributed by atoms with E-state index in [0.29, 0.717) is 0 Å². The Bertz CT molecular complexity index is 765. The van der Waals surface area contributed by atoms with Crippen molar-refractivity contribution in [2.24, 2.45) is 0 Å². The number of aryl methyl sites for hydroxylation is 2. The predicted molar refractivity (Wildman–Crippen MR) is 99.3 cm³/mol. The van der Waals surface area contributed by atoms with Crippen LogP contribution in [0.15, 0.2) is 78.9 Å². The number of para-hydroxylation sites is 1. The maximum absolute atomic E-state index is 13.1. The molecule has 0 heterocycles. The molecule has 1 amide bonds. The summed E-state index contributed by atoms with van der Waals surface area (Å²) < 4.78 is 0. The summed E-state index contributed by atoms with van der Waals surface area (Å²) in [6.45, 7) is 4.03. The summed E-state index contributed by atoms with van der Waals surface area (Å²) in [5, 5.41) is 3.14. The lowest BCUT2D eigenvalue weighted by Gasteiger charge is -2.19. The van der Waals surface area contributed by atoms with Gasteiger partial charge in [0.05, 0.1) is 5.92 Å². The van der Waals surface area contributed by atoms with Crippen LogP contribution >= 0.6 is 0 Å². The van der Waals surface area contributed by atoms with E-state index in [9.17, 15) is 4.79 Å². The van der Waals surface area contributed by atoms with Crippen LogP contribution < -0.4 is 5.32 Å². The molecule has 120 valence electrons. The van der Waals surface area contributed by atoms with Gasteiger partial charge in [0.2, 0.25) is 5.91 Å². The minimum absolute atomic E-state index is 0.00944. The van der Waals surface area contributed by atoms with E-state index in [4.69, 9.17) is 0 Å². The van der Waals surface area contributed by atoms with Crippen molar-refractivity contribution in [2.75, 3.05) is 5.32 Å². The number of rotatable bonds is 4. The van der Waals surface area contributed by atoms with E-state index in [1.807, 2.05) is 92.7 Å². The van der Waals surface area contributed by atoms with Crippen molar-refractivity contribution in [1.29, 1.82) is 0 Å². The van der Waals surface area contributed by atoms with Gasteiger partial charge in [-0.05, 0) is 36.1 Å². The summed E-state index contributed by atoms with van der Waals surface area (Å²) in [6, 6.07) is 25.9. The van der Waals surface area contributed by atoms with Crippen LogP contribution in [0.3, 0.4) is 0 Å². The van der Waals surface area contributed by atoms with Crippen molar-refractivity contribution >= 4 is 11.6 Å². The Labute approximate surface area is 143 Å². The Morgan fingerprint density at radius 1 is 0.708 bits per heavy atom. The average molecular weight is 315 g/mol. The monoisotopic (exact) mass is 315 g/mol. The Hall–Kier alpha value is -2.87. The first-order valence-corrected chi connectivity index (χ1v) is 8.14. The minimum Gasteiger partial charge on any atom is -0.325 e. The molecule has 24 heavy (non-hydrogen) atoms. The molecule has 0 aromatic heterocycles. The number of carbonyl (C=O) groups is 1. The molecule has 0 aliphatic carbocycles. The van der Waals surface area contributed by atoms with E-state index in [2.05, 4.69) is 5.32 Å². The first-order chi connectivity index (χ1) is 11.7. The Balaban J connectivity index is 1.99. The van der Waals surface area contributed by atoms with Crippen molar-refractivity contribution in [3.05, 3.63) is 101 Å². The third kappa shape index (κ3) is 3.38. The SMILES string of the molecule is Cc1cccc(C)c1NC(=O)C(c1ccccc1)c1ccccc1. The average Bonchev–Trinajstić information content (AvgIpc) is 2.60. The molecule has 3 aromatic carbocycles. The van der Waals surface area contributed by atoms with Crippen LogP contribution in [0.2, 0.25) is 0 Å². The quantitative estimate of drug-likeness (QED) is 0.715. The lowest BCUT2D eigenvalue weighted by Crippen LogP contribution is -2.23. The van der Waals surface area contributed by atoms with E-state index >= 15 is 0 Å². The highest BCUT2D eigenvalue weighted by Gasteiger charge is 2.23. The topological polar surface area (TPSA) is 29.1 Å². The second kappa shape index (κ2) is 7.14. The fourth-order valence-electron chi connectivity index (χ4n) is 2.99. The van der Waals surface area contributed by atoms with Gasteiger partial charge in [-0.2, -0.15) is 0 Å². The van der Waals surface area contributed by atoms with Gasteiger partial charge in [-0.25, -0.2) is 0 Å². The van der Waals surface area contributed by atoms with E-state index in [-0.39, 0.29) is 11.8 Å². The number of anilines is 1. The number of nitrogens with one attached hydrogen (secondary N) is 1. The van der Waals surface area contributed by atoms with Crippen molar-refractivity contribution in [3.63, 3.8) is 0 Å². The first-order valence-electron chi connectivity index (χ1n) is 8.14. The lowest BCUT2D eigenvalue weighted by molar-refractivity contribution is -0.116. The summed E-state index contributed by atoms with van der Waals surface area (Å²) in [7, 11) is 0. The highest BCUT2D eigenvalue weighted by molar-refractivity contribution is 5.99. The van der Waals surface area contributed by atoms with Gasteiger partial charge in [-0.3, -0.25) is 4.79 Å². The fourth-order valence-corrected chi connectivity index (χ4v) is 2.99. The van der Waals surface area contributed by atoms with E-state index < -0.39 is 0 Å². The van der Waals surface area contributed by atoms with Gasteiger partial charge in [0, 0.05) is 5.69 Å². The molecule has 0 saturated heterocycles. The molecule has 0 bridgehead atoms.